The quantitative estimate of drug-likeness (QED) is 0.739. The molecule has 4 heteroatoms. The third-order valence-corrected chi connectivity index (χ3v) is 2.55. The smallest absolute Gasteiger partial charge is 0.121 e. The molecule has 84 valence electrons. The number of phenolic OH excluding ortho intramolecular Hbond substituents is 1. The van der Waals surface area contributed by atoms with Gasteiger partial charge < -0.3 is 10.4 Å². The Bertz CT molecular complexity index is 454. The van der Waals surface area contributed by atoms with Crippen LogP contribution in [0.5, 0.6) is 5.75 Å². The standard InChI is InChI=1S/C12H15N3O/c1-8-3-10(4-9(2)12(8)16)5-13-11-6-14-15-7-11/h3-4,6-7,13,16H,5H2,1-2H3,(H,14,15). The topological polar surface area (TPSA) is 60.9 Å². The van der Waals surface area contributed by atoms with E-state index in [1.807, 2.05) is 26.0 Å². The fourth-order valence-corrected chi connectivity index (χ4v) is 1.70. The van der Waals surface area contributed by atoms with Gasteiger partial charge in [0.15, 0.2) is 0 Å². The molecule has 1 aromatic heterocycles. The van der Waals surface area contributed by atoms with E-state index in [9.17, 15) is 5.11 Å². The molecule has 0 saturated heterocycles. The summed E-state index contributed by atoms with van der Waals surface area (Å²) in [6, 6.07) is 3.96. The molecule has 2 aromatic rings. The maximum absolute atomic E-state index is 9.65. The molecule has 0 aliphatic heterocycles. The number of hydrogen-bond donors (Lipinski definition) is 3. The first kappa shape index (κ1) is 10.5. The fourth-order valence-electron chi connectivity index (χ4n) is 1.70. The number of aryl methyl sites for hydroxylation is 2. The van der Waals surface area contributed by atoms with Gasteiger partial charge in [-0.1, -0.05) is 12.1 Å². The molecule has 0 saturated carbocycles. The average Bonchev–Trinajstić information content (AvgIpc) is 2.75. The molecule has 1 heterocycles. The van der Waals surface area contributed by atoms with Gasteiger partial charge in [0.1, 0.15) is 5.75 Å². The zero-order valence-corrected chi connectivity index (χ0v) is 9.41. The van der Waals surface area contributed by atoms with Crippen LogP contribution in [0.1, 0.15) is 16.7 Å². The van der Waals surface area contributed by atoms with Crippen molar-refractivity contribution >= 4 is 5.69 Å². The molecule has 2 rings (SSSR count). The van der Waals surface area contributed by atoms with Crippen molar-refractivity contribution in [3.8, 4) is 5.75 Å². The van der Waals surface area contributed by atoms with Crippen LogP contribution in [0.4, 0.5) is 5.69 Å². The molecule has 0 amide bonds. The van der Waals surface area contributed by atoms with Crippen molar-refractivity contribution in [2.45, 2.75) is 20.4 Å². The Morgan fingerprint density at radius 2 is 2.00 bits per heavy atom. The molecule has 0 bridgehead atoms. The normalized spacial score (nSPS) is 10.4. The van der Waals surface area contributed by atoms with Gasteiger partial charge >= 0.3 is 0 Å². The molecular weight excluding hydrogens is 202 g/mol. The van der Waals surface area contributed by atoms with Gasteiger partial charge in [0.05, 0.1) is 11.9 Å². The number of nitrogens with zero attached hydrogens (tertiary/aromatic N) is 1. The summed E-state index contributed by atoms with van der Waals surface area (Å²) in [4.78, 5) is 0. The summed E-state index contributed by atoms with van der Waals surface area (Å²) < 4.78 is 0. The first-order chi connectivity index (χ1) is 7.66. The number of benzene rings is 1. The Morgan fingerprint density at radius 3 is 2.56 bits per heavy atom. The van der Waals surface area contributed by atoms with Crippen LogP contribution in [0.2, 0.25) is 0 Å². The first-order valence-corrected chi connectivity index (χ1v) is 5.18. The number of hydrogen-bond acceptors (Lipinski definition) is 3. The van der Waals surface area contributed by atoms with E-state index >= 15 is 0 Å². The second-order valence-corrected chi connectivity index (χ2v) is 3.92. The lowest BCUT2D eigenvalue weighted by Gasteiger charge is -2.08. The number of aromatic amines is 1. The van der Waals surface area contributed by atoms with Gasteiger partial charge in [0, 0.05) is 12.7 Å². The van der Waals surface area contributed by atoms with Crippen molar-refractivity contribution < 1.29 is 5.11 Å². The molecule has 3 N–H and O–H groups in total. The molecule has 0 aliphatic carbocycles. The molecule has 0 unspecified atom stereocenters. The molecule has 0 spiro atoms. The minimum Gasteiger partial charge on any atom is -0.507 e. The van der Waals surface area contributed by atoms with Crippen molar-refractivity contribution in [3.63, 3.8) is 0 Å². The summed E-state index contributed by atoms with van der Waals surface area (Å²) in [5.74, 6) is 0.382. The van der Waals surface area contributed by atoms with Crippen molar-refractivity contribution in [1.29, 1.82) is 0 Å². The minimum atomic E-state index is 0.382. The Balaban J connectivity index is 2.10. The summed E-state index contributed by atoms with van der Waals surface area (Å²) in [5.41, 5.74) is 3.92. The van der Waals surface area contributed by atoms with Gasteiger partial charge in [-0.25, -0.2) is 0 Å². The van der Waals surface area contributed by atoms with Gasteiger partial charge in [0.2, 0.25) is 0 Å². The van der Waals surface area contributed by atoms with Crippen LogP contribution in [-0.2, 0) is 6.54 Å². The third kappa shape index (κ3) is 2.16. The number of aromatic nitrogens is 2. The molecule has 4 nitrogen and oxygen atoms in total. The molecule has 1 aromatic carbocycles. The van der Waals surface area contributed by atoms with E-state index in [0.717, 1.165) is 28.9 Å². The predicted octanol–water partition coefficient (Wildman–Crippen LogP) is 2.34. The number of anilines is 1. The van der Waals surface area contributed by atoms with Crippen LogP contribution in [0, 0.1) is 13.8 Å². The molecule has 0 atom stereocenters. The van der Waals surface area contributed by atoms with Gasteiger partial charge in [-0.15, -0.1) is 0 Å². The van der Waals surface area contributed by atoms with E-state index in [-0.39, 0.29) is 0 Å². The van der Waals surface area contributed by atoms with Crippen molar-refractivity contribution in [1.82, 2.24) is 10.2 Å². The predicted molar refractivity (Wildman–Crippen MR) is 63.5 cm³/mol. The largest absolute Gasteiger partial charge is 0.507 e. The maximum Gasteiger partial charge on any atom is 0.121 e. The molecular formula is C12H15N3O. The highest BCUT2D eigenvalue weighted by Crippen LogP contribution is 2.23. The third-order valence-electron chi connectivity index (χ3n) is 2.55. The first-order valence-electron chi connectivity index (χ1n) is 5.18. The van der Waals surface area contributed by atoms with E-state index in [1.54, 1.807) is 12.4 Å². The van der Waals surface area contributed by atoms with E-state index in [1.165, 1.54) is 0 Å². The second-order valence-electron chi connectivity index (χ2n) is 3.92. The molecule has 0 aliphatic rings. The maximum atomic E-state index is 9.65. The second kappa shape index (κ2) is 4.26. The van der Waals surface area contributed by atoms with Crippen molar-refractivity contribution in [2.75, 3.05) is 5.32 Å². The van der Waals surface area contributed by atoms with Gasteiger partial charge in [-0.05, 0) is 30.5 Å². The van der Waals surface area contributed by atoms with Crippen LogP contribution in [-0.4, -0.2) is 15.3 Å². The minimum absolute atomic E-state index is 0.382. The summed E-state index contributed by atoms with van der Waals surface area (Å²) in [5, 5.41) is 19.5. The van der Waals surface area contributed by atoms with Crippen LogP contribution in [0.3, 0.4) is 0 Å². The zero-order valence-electron chi connectivity index (χ0n) is 9.41. The Hall–Kier alpha value is -1.97. The lowest BCUT2D eigenvalue weighted by molar-refractivity contribution is 0.466. The van der Waals surface area contributed by atoms with Crippen LogP contribution < -0.4 is 5.32 Å². The van der Waals surface area contributed by atoms with E-state index in [0.29, 0.717) is 5.75 Å². The number of H-pyrrole nitrogens is 1. The number of nitrogens with one attached hydrogen (secondary N) is 2. The lowest BCUT2D eigenvalue weighted by Crippen LogP contribution is -1.99. The summed E-state index contributed by atoms with van der Waals surface area (Å²) >= 11 is 0. The highest BCUT2D eigenvalue weighted by atomic mass is 16.3. The number of rotatable bonds is 3. The highest BCUT2D eigenvalue weighted by molar-refractivity contribution is 5.44. The van der Waals surface area contributed by atoms with E-state index in [2.05, 4.69) is 15.5 Å². The zero-order chi connectivity index (χ0) is 11.5. The lowest BCUT2D eigenvalue weighted by atomic mass is 10.1. The molecule has 0 fully saturated rings. The van der Waals surface area contributed by atoms with Gasteiger partial charge in [0.25, 0.3) is 0 Å². The molecule has 16 heavy (non-hydrogen) atoms. The Morgan fingerprint density at radius 1 is 1.31 bits per heavy atom. The fraction of sp³-hybridized carbons (Fsp3) is 0.250. The van der Waals surface area contributed by atoms with Crippen LogP contribution >= 0.6 is 0 Å². The Kier molecular flexibility index (Phi) is 2.81. The molecule has 0 radical (unpaired) electrons. The van der Waals surface area contributed by atoms with Crippen LogP contribution in [0.25, 0.3) is 0 Å². The van der Waals surface area contributed by atoms with Gasteiger partial charge in [-0.3, -0.25) is 5.10 Å². The average molecular weight is 217 g/mol. The number of phenols is 1. The Labute approximate surface area is 94.3 Å². The monoisotopic (exact) mass is 217 g/mol. The number of aromatic hydroxyl groups is 1. The van der Waals surface area contributed by atoms with Crippen LogP contribution in [0.15, 0.2) is 24.5 Å². The van der Waals surface area contributed by atoms with Crippen molar-refractivity contribution in [3.05, 3.63) is 41.2 Å². The SMILES string of the molecule is Cc1cc(CNc2cn[nH]c2)cc(C)c1O. The van der Waals surface area contributed by atoms with Crippen molar-refractivity contribution in [2.24, 2.45) is 0 Å². The van der Waals surface area contributed by atoms with E-state index < -0.39 is 0 Å². The summed E-state index contributed by atoms with van der Waals surface area (Å²) in [6.07, 6.45) is 3.54. The summed E-state index contributed by atoms with van der Waals surface area (Å²) in [6.45, 7) is 4.54. The van der Waals surface area contributed by atoms with E-state index in [4.69, 9.17) is 0 Å². The summed E-state index contributed by atoms with van der Waals surface area (Å²) in [7, 11) is 0. The highest BCUT2D eigenvalue weighted by Gasteiger charge is 2.03. The van der Waals surface area contributed by atoms with Gasteiger partial charge in [-0.2, -0.15) is 5.10 Å².